The van der Waals surface area contributed by atoms with Crippen molar-refractivity contribution in [3.05, 3.63) is 48.0 Å². The molecule has 0 saturated heterocycles. The highest BCUT2D eigenvalue weighted by molar-refractivity contribution is 5.87. The molecule has 5 nitrogen and oxygen atoms in total. The molecule has 1 rings (SSSR count). The summed E-state index contributed by atoms with van der Waals surface area (Å²) in [6.45, 7) is 4.39. The SMILES string of the molecule is C=CCN(C)C(=O)NCc1ccc(C(=O)O)cc1. The zero-order chi connectivity index (χ0) is 13.5. The lowest BCUT2D eigenvalue weighted by Crippen LogP contribution is -2.36. The average Bonchev–Trinajstić information content (AvgIpc) is 2.36. The van der Waals surface area contributed by atoms with E-state index in [1.54, 1.807) is 25.3 Å². The molecule has 1 aromatic rings. The van der Waals surface area contributed by atoms with Crippen LogP contribution >= 0.6 is 0 Å². The molecule has 0 aliphatic carbocycles. The second-order valence-corrected chi connectivity index (χ2v) is 3.83. The number of aromatic carboxylic acids is 1. The van der Waals surface area contributed by atoms with E-state index in [2.05, 4.69) is 11.9 Å². The fourth-order valence-corrected chi connectivity index (χ4v) is 1.35. The molecule has 0 spiro atoms. The van der Waals surface area contributed by atoms with Crippen molar-refractivity contribution in [3.63, 3.8) is 0 Å². The summed E-state index contributed by atoms with van der Waals surface area (Å²) >= 11 is 0. The fraction of sp³-hybridized carbons (Fsp3) is 0.231. The molecule has 2 amide bonds. The molecule has 0 aromatic heterocycles. The minimum Gasteiger partial charge on any atom is -0.478 e. The van der Waals surface area contributed by atoms with Crippen molar-refractivity contribution in [2.75, 3.05) is 13.6 Å². The maximum Gasteiger partial charge on any atom is 0.335 e. The first kappa shape index (κ1) is 13.8. The van der Waals surface area contributed by atoms with E-state index in [4.69, 9.17) is 5.11 Å². The molecular formula is C13H16N2O3. The number of likely N-dealkylation sites (N-methyl/N-ethyl adjacent to an activating group) is 1. The summed E-state index contributed by atoms with van der Waals surface area (Å²) in [5.74, 6) is -0.962. The Morgan fingerprint density at radius 2 is 2.00 bits per heavy atom. The number of hydrogen-bond acceptors (Lipinski definition) is 2. The zero-order valence-corrected chi connectivity index (χ0v) is 10.2. The van der Waals surface area contributed by atoms with Crippen LogP contribution in [0.1, 0.15) is 15.9 Å². The first-order valence-electron chi connectivity index (χ1n) is 5.46. The highest BCUT2D eigenvalue weighted by atomic mass is 16.4. The second-order valence-electron chi connectivity index (χ2n) is 3.83. The molecule has 0 unspecified atom stereocenters. The van der Waals surface area contributed by atoms with Crippen LogP contribution in [0, 0.1) is 0 Å². The molecule has 0 heterocycles. The van der Waals surface area contributed by atoms with Crippen LogP contribution in [-0.4, -0.2) is 35.6 Å². The topological polar surface area (TPSA) is 69.6 Å². The summed E-state index contributed by atoms with van der Waals surface area (Å²) in [6.07, 6.45) is 1.64. The maximum absolute atomic E-state index is 11.6. The zero-order valence-electron chi connectivity index (χ0n) is 10.2. The van der Waals surface area contributed by atoms with E-state index in [0.29, 0.717) is 13.1 Å². The van der Waals surface area contributed by atoms with Crippen LogP contribution in [0.3, 0.4) is 0 Å². The van der Waals surface area contributed by atoms with Gasteiger partial charge in [0.25, 0.3) is 0 Å². The summed E-state index contributed by atoms with van der Waals surface area (Å²) in [6, 6.07) is 6.18. The highest BCUT2D eigenvalue weighted by Crippen LogP contribution is 2.04. The van der Waals surface area contributed by atoms with Crippen LogP contribution in [-0.2, 0) is 6.54 Å². The van der Waals surface area contributed by atoms with Crippen LogP contribution in [0.2, 0.25) is 0 Å². The number of nitrogens with zero attached hydrogens (tertiary/aromatic N) is 1. The maximum atomic E-state index is 11.6. The fourth-order valence-electron chi connectivity index (χ4n) is 1.35. The van der Waals surface area contributed by atoms with Crippen LogP contribution in [0.4, 0.5) is 4.79 Å². The third-order valence-electron chi connectivity index (χ3n) is 2.39. The van der Waals surface area contributed by atoms with E-state index in [0.717, 1.165) is 5.56 Å². The molecule has 5 heteroatoms. The lowest BCUT2D eigenvalue weighted by Gasteiger charge is -2.15. The van der Waals surface area contributed by atoms with Gasteiger partial charge in [0.1, 0.15) is 0 Å². The molecule has 0 bridgehead atoms. The quantitative estimate of drug-likeness (QED) is 0.779. The van der Waals surface area contributed by atoms with E-state index >= 15 is 0 Å². The third kappa shape index (κ3) is 3.93. The molecule has 1 aromatic carbocycles. The Morgan fingerprint density at radius 1 is 1.39 bits per heavy atom. The minimum atomic E-state index is -0.962. The van der Waals surface area contributed by atoms with Crippen molar-refractivity contribution < 1.29 is 14.7 Å². The smallest absolute Gasteiger partial charge is 0.335 e. The Hall–Kier alpha value is -2.30. The lowest BCUT2D eigenvalue weighted by atomic mass is 10.1. The van der Waals surface area contributed by atoms with E-state index in [1.807, 2.05) is 0 Å². The van der Waals surface area contributed by atoms with Gasteiger partial charge in [-0.25, -0.2) is 9.59 Å². The summed E-state index contributed by atoms with van der Waals surface area (Å²) in [5.41, 5.74) is 1.08. The number of hydrogen-bond donors (Lipinski definition) is 2. The van der Waals surface area contributed by atoms with Gasteiger partial charge in [-0.1, -0.05) is 18.2 Å². The first-order chi connectivity index (χ1) is 8.54. The summed E-state index contributed by atoms with van der Waals surface area (Å²) in [5, 5.41) is 11.5. The Morgan fingerprint density at radius 3 is 2.50 bits per heavy atom. The van der Waals surface area contributed by atoms with Gasteiger partial charge in [0.05, 0.1) is 5.56 Å². The standard InChI is InChI=1S/C13H16N2O3/c1-3-8-15(2)13(18)14-9-10-4-6-11(7-5-10)12(16)17/h3-7H,1,8-9H2,2H3,(H,14,18)(H,16,17). The Kier molecular flexibility index (Phi) is 4.92. The number of urea groups is 1. The minimum absolute atomic E-state index is 0.197. The predicted molar refractivity (Wildman–Crippen MR) is 68.5 cm³/mol. The normalized spacial score (nSPS) is 9.61. The molecule has 0 fully saturated rings. The number of rotatable bonds is 5. The van der Waals surface area contributed by atoms with Crippen LogP contribution in [0.5, 0.6) is 0 Å². The van der Waals surface area contributed by atoms with Gasteiger partial charge < -0.3 is 15.3 Å². The number of carboxylic acids is 1. The largest absolute Gasteiger partial charge is 0.478 e. The molecule has 0 atom stereocenters. The molecule has 0 aliphatic rings. The number of amides is 2. The van der Waals surface area contributed by atoms with Crippen molar-refractivity contribution >= 4 is 12.0 Å². The van der Waals surface area contributed by atoms with Crippen molar-refractivity contribution in [1.82, 2.24) is 10.2 Å². The van der Waals surface area contributed by atoms with E-state index < -0.39 is 5.97 Å². The van der Waals surface area contributed by atoms with E-state index in [1.165, 1.54) is 17.0 Å². The Bertz CT molecular complexity index is 440. The molecule has 96 valence electrons. The number of carbonyl (C=O) groups is 2. The number of carbonyl (C=O) groups excluding carboxylic acids is 1. The van der Waals surface area contributed by atoms with Gasteiger partial charge >= 0.3 is 12.0 Å². The third-order valence-corrected chi connectivity index (χ3v) is 2.39. The van der Waals surface area contributed by atoms with Crippen molar-refractivity contribution in [1.29, 1.82) is 0 Å². The molecule has 0 aliphatic heterocycles. The van der Waals surface area contributed by atoms with Crippen LogP contribution in [0.15, 0.2) is 36.9 Å². The molecule has 18 heavy (non-hydrogen) atoms. The highest BCUT2D eigenvalue weighted by Gasteiger charge is 2.06. The number of carboxylic acid groups (broad SMARTS) is 1. The van der Waals surface area contributed by atoms with E-state index in [9.17, 15) is 9.59 Å². The van der Waals surface area contributed by atoms with Gasteiger partial charge in [0.15, 0.2) is 0 Å². The molecular weight excluding hydrogens is 232 g/mol. The monoisotopic (exact) mass is 248 g/mol. The van der Waals surface area contributed by atoms with Gasteiger partial charge in [0.2, 0.25) is 0 Å². The Balaban J connectivity index is 2.51. The van der Waals surface area contributed by atoms with Crippen LogP contribution < -0.4 is 5.32 Å². The number of benzene rings is 1. The van der Waals surface area contributed by atoms with Crippen LogP contribution in [0.25, 0.3) is 0 Å². The molecule has 2 N–H and O–H groups in total. The van der Waals surface area contributed by atoms with Gasteiger partial charge in [0, 0.05) is 20.1 Å². The van der Waals surface area contributed by atoms with Gasteiger partial charge in [-0.3, -0.25) is 0 Å². The lowest BCUT2D eigenvalue weighted by molar-refractivity contribution is 0.0697. The second kappa shape index (κ2) is 6.44. The Labute approximate surface area is 106 Å². The van der Waals surface area contributed by atoms with Gasteiger partial charge in [-0.15, -0.1) is 6.58 Å². The summed E-state index contributed by atoms with van der Waals surface area (Å²) in [4.78, 5) is 23.7. The average molecular weight is 248 g/mol. The van der Waals surface area contributed by atoms with Crippen molar-refractivity contribution in [2.45, 2.75) is 6.54 Å². The van der Waals surface area contributed by atoms with E-state index in [-0.39, 0.29) is 11.6 Å². The number of nitrogens with one attached hydrogen (secondary N) is 1. The molecule has 0 saturated carbocycles. The first-order valence-corrected chi connectivity index (χ1v) is 5.46. The molecule has 0 radical (unpaired) electrons. The van der Waals surface area contributed by atoms with Gasteiger partial charge in [-0.05, 0) is 17.7 Å². The predicted octanol–water partition coefficient (Wildman–Crippen LogP) is 1.71. The summed E-state index contributed by atoms with van der Waals surface area (Å²) in [7, 11) is 1.67. The van der Waals surface area contributed by atoms with Crippen molar-refractivity contribution in [2.24, 2.45) is 0 Å². The summed E-state index contributed by atoms with van der Waals surface area (Å²) < 4.78 is 0. The van der Waals surface area contributed by atoms with Gasteiger partial charge in [-0.2, -0.15) is 0 Å². The van der Waals surface area contributed by atoms with Crippen molar-refractivity contribution in [3.8, 4) is 0 Å².